The SMILES string of the molecule is CCOc1cc(C=Nn2c(C)nc3ccc(Br)cc3c2=O)cc(I)c1OCc1cccc(C(=O)O)c1. The summed E-state index contributed by atoms with van der Waals surface area (Å²) in [6.07, 6.45) is 1.57. The first-order chi connectivity index (χ1) is 17.3. The molecular weight excluding hydrogens is 641 g/mol. The maximum absolute atomic E-state index is 13.0. The van der Waals surface area contributed by atoms with Crippen molar-refractivity contribution >= 4 is 61.6 Å². The second-order valence-corrected chi connectivity index (χ2v) is 9.82. The number of carboxylic acids is 1. The van der Waals surface area contributed by atoms with Crippen LogP contribution in [0.2, 0.25) is 0 Å². The van der Waals surface area contributed by atoms with E-state index < -0.39 is 5.97 Å². The lowest BCUT2D eigenvalue weighted by molar-refractivity contribution is 0.0696. The van der Waals surface area contributed by atoms with Gasteiger partial charge in [0.1, 0.15) is 12.4 Å². The van der Waals surface area contributed by atoms with E-state index in [1.165, 1.54) is 10.7 Å². The molecule has 0 saturated carbocycles. The summed E-state index contributed by atoms with van der Waals surface area (Å²) < 4.78 is 14.7. The number of carbonyl (C=O) groups is 1. The van der Waals surface area contributed by atoms with Crippen molar-refractivity contribution in [2.24, 2.45) is 5.10 Å². The van der Waals surface area contributed by atoms with E-state index in [0.717, 1.165) is 13.6 Å². The Morgan fingerprint density at radius 3 is 2.75 bits per heavy atom. The van der Waals surface area contributed by atoms with Crippen molar-refractivity contribution < 1.29 is 19.4 Å². The third kappa shape index (κ3) is 5.76. The van der Waals surface area contributed by atoms with E-state index in [-0.39, 0.29) is 17.7 Å². The van der Waals surface area contributed by atoms with Crippen LogP contribution < -0.4 is 15.0 Å². The second-order valence-electron chi connectivity index (χ2n) is 7.74. The molecule has 1 N–H and O–H groups in total. The Morgan fingerprint density at radius 1 is 1.19 bits per heavy atom. The summed E-state index contributed by atoms with van der Waals surface area (Å²) in [6.45, 7) is 4.20. The van der Waals surface area contributed by atoms with E-state index >= 15 is 0 Å². The number of aryl methyl sites for hydroxylation is 1. The maximum atomic E-state index is 13.0. The number of nitrogens with zero attached hydrogens (tertiary/aromatic N) is 3. The molecule has 0 bridgehead atoms. The van der Waals surface area contributed by atoms with E-state index in [9.17, 15) is 14.7 Å². The topological polar surface area (TPSA) is 103 Å². The zero-order chi connectivity index (χ0) is 25.8. The molecule has 0 radical (unpaired) electrons. The number of carboxylic acid groups (broad SMARTS) is 1. The number of rotatable bonds is 8. The average Bonchev–Trinajstić information content (AvgIpc) is 2.84. The van der Waals surface area contributed by atoms with Crippen molar-refractivity contribution in [2.75, 3.05) is 6.61 Å². The standard InChI is InChI=1S/C26H21BrIN3O5/c1-3-35-23-11-17(10-21(28)24(23)36-14-16-5-4-6-18(9-16)26(33)34)13-29-31-15(2)30-22-8-7-19(27)12-20(22)25(31)32/h4-13H,3,14H2,1-2H3,(H,33,34). The van der Waals surface area contributed by atoms with Gasteiger partial charge < -0.3 is 14.6 Å². The Kier molecular flexibility index (Phi) is 8.04. The van der Waals surface area contributed by atoms with E-state index in [1.54, 1.807) is 49.5 Å². The summed E-state index contributed by atoms with van der Waals surface area (Å²) in [5.41, 5.74) is 1.98. The molecule has 0 aliphatic heterocycles. The van der Waals surface area contributed by atoms with Crippen LogP contribution in [0.3, 0.4) is 0 Å². The molecular formula is C26H21BrIN3O5. The van der Waals surface area contributed by atoms with Crippen molar-refractivity contribution in [3.63, 3.8) is 0 Å². The van der Waals surface area contributed by atoms with Crippen LogP contribution in [0.1, 0.15) is 34.2 Å². The van der Waals surface area contributed by atoms with Gasteiger partial charge in [-0.2, -0.15) is 9.78 Å². The molecule has 0 spiro atoms. The first-order valence-corrected chi connectivity index (χ1v) is 12.8. The molecule has 1 heterocycles. The molecule has 1 aromatic heterocycles. The van der Waals surface area contributed by atoms with Crippen molar-refractivity contribution in [3.05, 3.63) is 95.5 Å². The molecule has 0 aliphatic carbocycles. The number of fused-ring (bicyclic) bond motifs is 1. The summed E-state index contributed by atoms with van der Waals surface area (Å²) in [5.74, 6) is 0.536. The second kappa shape index (κ2) is 11.2. The number of aromatic carboxylic acids is 1. The minimum atomic E-state index is -0.992. The van der Waals surface area contributed by atoms with E-state index in [2.05, 4.69) is 48.6 Å². The van der Waals surface area contributed by atoms with Gasteiger partial charge in [-0.05, 0) is 90.0 Å². The number of halogens is 2. The quantitative estimate of drug-likeness (QED) is 0.194. The highest BCUT2D eigenvalue weighted by Gasteiger charge is 2.14. The van der Waals surface area contributed by atoms with Crippen molar-refractivity contribution in [1.29, 1.82) is 0 Å². The first-order valence-electron chi connectivity index (χ1n) is 10.9. The fourth-order valence-electron chi connectivity index (χ4n) is 3.54. The van der Waals surface area contributed by atoms with Gasteiger partial charge in [-0.3, -0.25) is 4.79 Å². The Labute approximate surface area is 228 Å². The van der Waals surface area contributed by atoms with Crippen LogP contribution in [-0.4, -0.2) is 33.6 Å². The van der Waals surface area contributed by atoms with Crippen LogP contribution >= 0.6 is 38.5 Å². The highest BCUT2D eigenvalue weighted by atomic mass is 127. The fourth-order valence-corrected chi connectivity index (χ4v) is 4.68. The Bertz CT molecular complexity index is 1550. The van der Waals surface area contributed by atoms with Gasteiger partial charge in [-0.1, -0.05) is 28.1 Å². The summed E-state index contributed by atoms with van der Waals surface area (Å²) in [6, 6.07) is 15.6. The molecule has 10 heteroatoms. The van der Waals surface area contributed by atoms with Crippen molar-refractivity contribution in [1.82, 2.24) is 9.66 Å². The Hall–Kier alpha value is -3.25. The fraction of sp³-hybridized carbons (Fsp3) is 0.154. The van der Waals surface area contributed by atoms with Crippen molar-refractivity contribution in [2.45, 2.75) is 20.5 Å². The van der Waals surface area contributed by atoms with Gasteiger partial charge in [0, 0.05) is 4.47 Å². The van der Waals surface area contributed by atoms with Crippen LogP contribution in [0.25, 0.3) is 10.9 Å². The maximum Gasteiger partial charge on any atom is 0.335 e. The van der Waals surface area contributed by atoms with Crippen LogP contribution in [0.15, 0.2) is 69.0 Å². The molecule has 0 aliphatic rings. The third-order valence-electron chi connectivity index (χ3n) is 5.18. The minimum absolute atomic E-state index is 0.178. The number of benzene rings is 3. The van der Waals surface area contributed by atoms with Crippen LogP contribution in [0.4, 0.5) is 0 Å². The van der Waals surface area contributed by atoms with Gasteiger partial charge in [-0.15, -0.1) is 0 Å². The molecule has 8 nitrogen and oxygen atoms in total. The molecule has 36 heavy (non-hydrogen) atoms. The van der Waals surface area contributed by atoms with Gasteiger partial charge >= 0.3 is 5.97 Å². The molecule has 4 rings (SSSR count). The minimum Gasteiger partial charge on any atom is -0.490 e. The monoisotopic (exact) mass is 661 g/mol. The molecule has 0 fully saturated rings. The number of ether oxygens (including phenoxy) is 2. The largest absolute Gasteiger partial charge is 0.490 e. The molecule has 0 unspecified atom stereocenters. The predicted octanol–water partition coefficient (Wildman–Crippen LogP) is 5.63. The van der Waals surface area contributed by atoms with Crippen LogP contribution in [0.5, 0.6) is 11.5 Å². The van der Waals surface area contributed by atoms with Gasteiger partial charge in [0.15, 0.2) is 11.5 Å². The van der Waals surface area contributed by atoms with Gasteiger partial charge in [-0.25, -0.2) is 9.78 Å². The Morgan fingerprint density at radius 2 is 2.00 bits per heavy atom. The van der Waals surface area contributed by atoms with Crippen molar-refractivity contribution in [3.8, 4) is 11.5 Å². The van der Waals surface area contributed by atoms with E-state index in [0.29, 0.717) is 40.4 Å². The highest BCUT2D eigenvalue weighted by molar-refractivity contribution is 14.1. The summed E-state index contributed by atoms with van der Waals surface area (Å²) in [7, 11) is 0. The van der Waals surface area contributed by atoms with E-state index in [4.69, 9.17) is 9.47 Å². The lowest BCUT2D eigenvalue weighted by atomic mass is 10.1. The summed E-state index contributed by atoms with van der Waals surface area (Å²) in [5, 5.41) is 14.1. The normalized spacial score (nSPS) is 11.2. The zero-order valence-corrected chi connectivity index (χ0v) is 23.1. The van der Waals surface area contributed by atoms with Crippen LogP contribution in [0, 0.1) is 10.5 Å². The molecule has 0 saturated heterocycles. The summed E-state index contributed by atoms with van der Waals surface area (Å²) in [4.78, 5) is 28.7. The van der Waals surface area contributed by atoms with Gasteiger partial charge in [0.05, 0.1) is 32.9 Å². The number of hydrogen-bond acceptors (Lipinski definition) is 6. The van der Waals surface area contributed by atoms with Gasteiger partial charge in [0.2, 0.25) is 0 Å². The molecule has 3 aromatic carbocycles. The highest BCUT2D eigenvalue weighted by Crippen LogP contribution is 2.34. The number of hydrogen-bond donors (Lipinski definition) is 1. The van der Waals surface area contributed by atoms with Gasteiger partial charge in [0.25, 0.3) is 5.56 Å². The third-order valence-corrected chi connectivity index (χ3v) is 6.48. The molecule has 4 aromatic rings. The first kappa shape index (κ1) is 25.8. The smallest absolute Gasteiger partial charge is 0.335 e. The van der Waals surface area contributed by atoms with E-state index in [1.807, 2.05) is 19.1 Å². The molecule has 0 amide bonds. The summed E-state index contributed by atoms with van der Waals surface area (Å²) >= 11 is 5.54. The molecule has 0 atom stereocenters. The predicted molar refractivity (Wildman–Crippen MR) is 149 cm³/mol. The Balaban J connectivity index is 1.64. The zero-order valence-electron chi connectivity index (χ0n) is 19.4. The van der Waals surface area contributed by atoms with Crippen LogP contribution in [-0.2, 0) is 6.61 Å². The molecule has 184 valence electrons. The number of aromatic nitrogens is 2. The average molecular weight is 662 g/mol. The lowest BCUT2D eigenvalue weighted by Crippen LogP contribution is -2.20. The lowest BCUT2D eigenvalue weighted by Gasteiger charge is -2.15.